The highest BCUT2D eigenvalue weighted by Gasteiger charge is 2.35. The maximum absolute atomic E-state index is 13.0. The number of hydrazine groups is 1. The molecule has 1 atom stereocenters. The largest absolute Gasteiger partial charge is 0.350 e. The van der Waals surface area contributed by atoms with Crippen molar-refractivity contribution in [3.05, 3.63) is 29.8 Å². The van der Waals surface area contributed by atoms with Crippen LogP contribution in [0.1, 0.15) is 18.4 Å². The second kappa shape index (κ2) is 7.66. The number of aliphatic imine (C=N–C) groups is 1. The lowest BCUT2D eigenvalue weighted by molar-refractivity contribution is -0.133. The Morgan fingerprint density at radius 2 is 1.96 bits per heavy atom. The highest BCUT2D eigenvalue weighted by Crippen LogP contribution is 2.25. The number of carbonyl (C=O) groups excluding carboxylic acids is 2. The van der Waals surface area contributed by atoms with Crippen LogP contribution in [0.4, 0.5) is 5.69 Å². The molecule has 1 aromatic rings. The number of nitrogens with one attached hydrogen (secondary N) is 1. The van der Waals surface area contributed by atoms with Crippen molar-refractivity contribution in [3.8, 4) is 0 Å². The zero-order chi connectivity index (χ0) is 18.8. The third-order valence-electron chi connectivity index (χ3n) is 5.11. The van der Waals surface area contributed by atoms with E-state index in [1.54, 1.807) is 4.90 Å². The molecule has 8 nitrogen and oxygen atoms in total. The molecule has 0 aromatic heterocycles. The van der Waals surface area contributed by atoms with Gasteiger partial charge in [0.2, 0.25) is 5.84 Å². The third kappa shape index (κ3) is 3.81. The molecule has 2 fully saturated rings. The quantitative estimate of drug-likeness (QED) is 0.851. The van der Waals surface area contributed by atoms with Crippen LogP contribution in [0.15, 0.2) is 29.3 Å². The molecule has 1 unspecified atom stereocenters. The summed E-state index contributed by atoms with van der Waals surface area (Å²) in [5.41, 5.74) is 4.69. The number of amides is 2. The number of anilines is 1. The maximum Gasteiger partial charge on any atom is 0.290 e. The number of amidine groups is 1. The maximum atomic E-state index is 13.0. The van der Waals surface area contributed by atoms with Gasteiger partial charge in [-0.2, -0.15) is 0 Å². The summed E-state index contributed by atoms with van der Waals surface area (Å²) in [5.74, 6) is -0.0182. The monoisotopic (exact) mass is 372 g/mol. The van der Waals surface area contributed by atoms with E-state index in [9.17, 15) is 9.59 Å². The molecule has 0 spiro atoms. The number of hydrogen-bond acceptors (Lipinski definition) is 6. The number of hydrogen-bond donors (Lipinski definition) is 1. The van der Waals surface area contributed by atoms with Gasteiger partial charge in [0.25, 0.3) is 11.8 Å². The van der Waals surface area contributed by atoms with E-state index in [-0.39, 0.29) is 36.4 Å². The summed E-state index contributed by atoms with van der Waals surface area (Å²) >= 11 is 0. The molecule has 3 heterocycles. The molecule has 144 valence electrons. The van der Waals surface area contributed by atoms with Gasteiger partial charge >= 0.3 is 0 Å². The second-order valence-electron chi connectivity index (χ2n) is 7.10. The van der Waals surface area contributed by atoms with Crippen LogP contribution in [0.5, 0.6) is 0 Å². The molecule has 3 aliphatic heterocycles. The zero-order valence-corrected chi connectivity index (χ0v) is 15.4. The molecule has 27 heavy (non-hydrogen) atoms. The summed E-state index contributed by atoms with van der Waals surface area (Å²) in [7, 11) is 0. The number of rotatable bonds is 3. The Bertz CT molecular complexity index is 743. The molecule has 0 saturated carbocycles. The Hall–Kier alpha value is -2.45. The molecule has 2 amide bonds. The zero-order valence-electron chi connectivity index (χ0n) is 15.4. The van der Waals surface area contributed by atoms with Crippen molar-refractivity contribution in [2.24, 2.45) is 10.9 Å². The fourth-order valence-corrected chi connectivity index (χ4v) is 3.65. The van der Waals surface area contributed by atoms with Gasteiger partial charge < -0.3 is 14.4 Å². The highest BCUT2D eigenvalue weighted by atomic mass is 16.7. The summed E-state index contributed by atoms with van der Waals surface area (Å²) in [4.78, 5) is 31.1. The molecule has 1 N–H and O–H groups in total. The van der Waals surface area contributed by atoms with Crippen molar-refractivity contribution in [1.29, 1.82) is 0 Å². The Morgan fingerprint density at radius 3 is 2.70 bits per heavy atom. The van der Waals surface area contributed by atoms with Crippen molar-refractivity contribution in [2.45, 2.75) is 26.1 Å². The first-order valence-electron chi connectivity index (χ1n) is 9.35. The van der Waals surface area contributed by atoms with Gasteiger partial charge in [-0.25, -0.2) is 5.01 Å². The molecule has 0 bridgehead atoms. The Labute approximate surface area is 158 Å². The Balaban J connectivity index is 1.44. The van der Waals surface area contributed by atoms with Gasteiger partial charge in [0, 0.05) is 19.0 Å². The lowest BCUT2D eigenvalue weighted by Crippen LogP contribution is -2.57. The minimum atomic E-state index is -0.229. The van der Waals surface area contributed by atoms with Crippen LogP contribution in [-0.4, -0.2) is 61.7 Å². The summed E-state index contributed by atoms with van der Waals surface area (Å²) < 4.78 is 11.2. The summed E-state index contributed by atoms with van der Waals surface area (Å²) in [6.07, 6.45) is 1.64. The molecule has 3 aliphatic rings. The number of ether oxygens (including phenoxy) is 2. The predicted octanol–water partition coefficient (Wildman–Crippen LogP) is 0.856. The van der Waals surface area contributed by atoms with Crippen molar-refractivity contribution < 1.29 is 19.1 Å². The fourth-order valence-electron chi connectivity index (χ4n) is 3.65. The number of benzene rings is 1. The van der Waals surface area contributed by atoms with E-state index in [0.29, 0.717) is 32.0 Å². The van der Waals surface area contributed by atoms with Gasteiger partial charge in [-0.15, -0.1) is 0 Å². The van der Waals surface area contributed by atoms with E-state index >= 15 is 0 Å². The van der Waals surface area contributed by atoms with Crippen LogP contribution in [0.25, 0.3) is 0 Å². The van der Waals surface area contributed by atoms with Crippen LogP contribution in [0.3, 0.4) is 0 Å². The third-order valence-corrected chi connectivity index (χ3v) is 5.11. The number of aryl methyl sites for hydroxylation is 1. The van der Waals surface area contributed by atoms with E-state index in [2.05, 4.69) is 10.4 Å². The molecule has 8 heteroatoms. The lowest BCUT2D eigenvalue weighted by Gasteiger charge is -2.36. The smallest absolute Gasteiger partial charge is 0.290 e. The Morgan fingerprint density at radius 1 is 1.22 bits per heavy atom. The first-order valence-corrected chi connectivity index (χ1v) is 9.35. The first kappa shape index (κ1) is 17.9. The van der Waals surface area contributed by atoms with Gasteiger partial charge in [-0.1, -0.05) is 17.7 Å². The van der Waals surface area contributed by atoms with Gasteiger partial charge in [-0.05, 0) is 31.9 Å². The lowest BCUT2D eigenvalue weighted by atomic mass is 9.97. The molecular weight excluding hydrogens is 348 g/mol. The van der Waals surface area contributed by atoms with Crippen LogP contribution in [0, 0.1) is 12.8 Å². The van der Waals surface area contributed by atoms with Gasteiger partial charge in [0.05, 0.1) is 18.9 Å². The Kier molecular flexibility index (Phi) is 5.09. The number of likely N-dealkylation sites (tertiary alicyclic amines) is 1. The van der Waals surface area contributed by atoms with E-state index in [0.717, 1.165) is 18.4 Å². The molecule has 1 aromatic carbocycles. The predicted molar refractivity (Wildman–Crippen MR) is 99.1 cm³/mol. The minimum absolute atomic E-state index is 0.0476. The van der Waals surface area contributed by atoms with E-state index in [1.165, 1.54) is 5.01 Å². The highest BCUT2D eigenvalue weighted by molar-refractivity contribution is 6.39. The van der Waals surface area contributed by atoms with Crippen molar-refractivity contribution >= 4 is 23.3 Å². The summed E-state index contributed by atoms with van der Waals surface area (Å²) in [5, 5.41) is 1.39. The van der Waals surface area contributed by atoms with Crippen LogP contribution >= 0.6 is 0 Å². The molecular formula is C19H24N4O4. The van der Waals surface area contributed by atoms with Crippen LogP contribution in [-0.2, 0) is 19.1 Å². The van der Waals surface area contributed by atoms with E-state index in [4.69, 9.17) is 9.47 Å². The molecule has 0 aliphatic carbocycles. The summed E-state index contributed by atoms with van der Waals surface area (Å²) in [6, 6.07) is 7.54. The topological polar surface area (TPSA) is 83.5 Å². The first-order chi connectivity index (χ1) is 13.1. The van der Waals surface area contributed by atoms with E-state index in [1.807, 2.05) is 31.2 Å². The fraction of sp³-hybridized carbons (Fsp3) is 0.526. The average molecular weight is 372 g/mol. The summed E-state index contributed by atoms with van der Waals surface area (Å²) in [6.45, 7) is 4.39. The molecule has 2 saturated heterocycles. The standard InChI is InChI=1S/C19H24N4O4/c1-13-4-6-15(7-5-13)23-16(24)11-20-17(21-23)18(25)22-8-2-3-14(12-22)19-26-9-10-27-19/h4-7,14,19H,2-3,8-12H2,1H3,(H,20,21). The van der Waals surface area contributed by atoms with Gasteiger partial charge in [0.1, 0.15) is 6.54 Å². The van der Waals surface area contributed by atoms with Gasteiger partial charge in [-0.3, -0.25) is 20.0 Å². The number of carbonyl (C=O) groups is 2. The normalized spacial score (nSPS) is 24.0. The van der Waals surface area contributed by atoms with Crippen molar-refractivity contribution in [1.82, 2.24) is 10.3 Å². The average Bonchev–Trinajstić information content (AvgIpc) is 3.24. The van der Waals surface area contributed by atoms with Gasteiger partial charge in [0.15, 0.2) is 6.29 Å². The van der Waals surface area contributed by atoms with Crippen molar-refractivity contribution in [3.63, 3.8) is 0 Å². The number of piperidine rings is 1. The van der Waals surface area contributed by atoms with Crippen LogP contribution in [0.2, 0.25) is 0 Å². The molecule has 0 radical (unpaired) electrons. The second-order valence-corrected chi connectivity index (χ2v) is 7.10. The SMILES string of the molecule is Cc1ccc(N2NC(C(=O)N3CCCC(C4OCCO4)C3)=NCC2=O)cc1. The minimum Gasteiger partial charge on any atom is -0.350 e. The van der Waals surface area contributed by atoms with Crippen molar-refractivity contribution in [2.75, 3.05) is 37.9 Å². The molecule has 4 rings (SSSR count). The van der Waals surface area contributed by atoms with Crippen LogP contribution < -0.4 is 10.4 Å². The van der Waals surface area contributed by atoms with E-state index < -0.39 is 0 Å². The number of nitrogens with zero attached hydrogens (tertiary/aromatic N) is 3.